The van der Waals surface area contributed by atoms with E-state index in [4.69, 9.17) is 4.42 Å². The van der Waals surface area contributed by atoms with Crippen molar-refractivity contribution < 1.29 is 14.0 Å². The van der Waals surface area contributed by atoms with E-state index in [1.807, 2.05) is 56.3 Å². The number of dihydropyridines is 1. The summed E-state index contributed by atoms with van der Waals surface area (Å²) in [5.41, 5.74) is 5.83. The van der Waals surface area contributed by atoms with Crippen molar-refractivity contribution in [2.45, 2.75) is 40.0 Å². The quantitative estimate of drug-likeness (QED) is 0.324. The van der Waals surface area contributed by atoms with Crippen LogP contribution in [0, 0.1) is 25.2 Å². The van der Waals surface area contributed by atoms with E-state index in [1.165, 1.54) is 23.6 Å². The maximum atomic E-state index is 13.6. The zero-order valence-electron chi connectivity index (χ0n) is 21.8. The first-order chi connectivity index (χ1) is 18.3. The predicted molar refractivity (Wildman–Crippen MR) is 151 cm³/mol. The molecule has 1 aliphatic rings. The van der Waals surface area contributed by atoms with Gasteiger partial charge in [0.15, 0.2) is 0 Å². The molecule has 0 aliphatic carbocycles. The maximum absolute atomic E-state index is 13.6. The molecule has 0 saturated carbocycles. The van der Waals surface area contributed by atoms with Gasteiger partial charge in [-0.15, -0.1) is 0 Å². The summed E-state index contributed by atoms with van der Waals surface area (Å²) in [6.45, 7) is 7.74. The van der Waals surface area contributed by atoms with Crippen LogP contribution in [0.3, 0.4) is 0 Å². The minimum atomic E-state index is -0.715. The number of furan rings is 1. The van der Waals surface area contributed by atoms with Gasteiger partial charge in [0.2, 0.25) is 5.91 Å². The van der Waals surface area contributed by atoms with E-state index in [2.05, 4.69) is 28.9 Å². The van der Waals surface area contributed by atoms with Crippen molar-refractivity contribution in [3.8, 4) is 6.07 Å². The number of benzene rings is 2. The van der Waals surface area contributed by atoms with Gasteiger partial charge in [0, 0.05) is 17.1 Å². The molecule has 7 nitrogen and oxygen atoms in total. The highest BCUT2D eigenvalue weighted by Crippen LogP contribution is 2.41. The monoisotopic (exact) mass is 526 g/mol. The zero-order valence-corrected chi connectivity index (χ0v) is 22.7. The Morgan fingerprint density at radius 2 is 1.74 bits per heavy atom. The Balaban J connectivity index is 1.58. The van der Waals surface area contributed by atoms with Crippen molar-refractivity contribution in [3.63, 3.8) is 0 Å². The molecule has 38 heavy (non-hydrogen) atoms. The second kappa shape index (κ2) is 11.9. The summed E-state index contributed by atoms with van der Waals surface area (Å²) < 4.78 is 5.69. The van der Waals surface area contributed by atoms with Gasteiger partial charge < -0.3 is 20.4 Å². The van der Waals surface area contributed by atoms with Crippen molar-refractivity contribution in [3.05, 3.63) is 105 Å². The molecule has 1 aromatic heterocycles. The summed E-state index contributed by atoms with van der Waals surface area (Å²) in [7, 11) is 0. The standard InChI is InChI=1S/C30H30N4O3S/c1-5-21-11-13-22(14-12-21)33-25(35)17-38-30-23(16-31)27(24-10-7-15-37-24)26(20(4)32-30)29(36)34-28-18(2)8-6-9-19(28)3/h6-15,27,32H,5,17H2,1-4H3,(H,33,35)(H,34,36)/t27-/m1/s1. The zero-order chi connectivity index (χ0) is 27.2. The Morgan fingerprint density at radius 1 is 1.03 bits per heavy atom. The Morgan fingerprint density at radius 3 is 2.34 bits per heavy atom. The molecule has 0 spiro atoms. The lowest BCUT2D eigenvalue weighted by atomic mass is 9.85. The highest BCUT2D eigenvalue weighted by molar-refractivity contribution is 8.03. The number of nitrogens with one attached hydrogen (secondary N) is 3. The number of amides is 2. The smallest absolute Gasteiger partial charge is 0.254 e. The minimum absolute atomic E-state index is 0.0884. The van der Waals surface area contributed by atoms with E-state index >= 15 is 0 Å². The van der Waals surface area contributed by atoms with Gasteiger partial charge in [0.1, 0.15) is 5.76 Å². The summed E-state index contributed by atoms with van der Waals surface area (Å²) in [5, 5.41) is 19.8. The van der Waals surface area contributed by atoms with Crippen molar-refractivity contribution in [1.82, 2.24) is 5.32 Å². The summed E-state index contributed by atoms with van der Waals surface area (Å²) in [5.74, 6) is -0.662. The molecule has 0 bridgehead atoms. The first-order valence-corrected chi connectivity index (χ1v) is 13.4. The fourth-order valence-corrected chi connectivity index (χ4v) is 5.31. The second-order valence-electron chi connectivity index (χ2n) is 9.07. The number of allylic oxidation sites excluding steroid dienone is 2. The van der Waals surface area contributed by atoms with Gasteiger partial charge in [-0.05, 0) is 68.1 Å². The van der Waals surface area contributed by atoms with Gasteiger partial charge in [-0.3, -0.25) is 9.59 Å². The molecule has 0 saturated heterocycles. The van der Waals surface area contributed by atoms with Gasteiger partial charge in [0.25, 0.3) is 5.91 Å². The molecular formula is C30H30N4O3S. The van der Waals surface area contributed by atoms with Crippen LogP contribution in [-0.4, -0.2) is 17.6 Å². The van der Waals surface area contributed by atoms with Crippen LogP contribution in [0.4, 0.5) is 11.4 Å². The van der Waals surface area contributed by atoms with Crippen molar-refractivity contribution in [2.75, 3.05) is 16.4 Å². The van der Waals surface area contributed by atoms with Gasteiger partial charge >= 0.3 is 0 Å². The molecule has 0 fully saturated rings. The third-order valence-electron chi connectivity index (χ3n) is 6.43. The van der Waals surface area contributed by atoms with Crippen LogP contribution in [0.25, 0.3) is 0 Å². The Labute approximate surface area is 227 Å². The Bertz CT molecular complexity index is 1430. The minimum Gasteiger partial charge on any atom is -0.468 e. The number of nitriles is 1. The third-order valence-corrected chi connectivity index (χ3v) is 7.45. The first kappa shape index (κ1) is 26.8. The number of rotatable bonds is 8. The van der Waals surface area contributed by atoms with Crippen molar-refractivity contribution in [1.29, 1.82) is 5.26 Å². The molecular weight excluding hydrogens is 496 g/mol. The molecule has 194 valence electrons. The molecule has 3 N–H and O–H groups in total. The van der Waals surface area contributed by atoms with Crippen LogP contribution >= 0.6 is 11.8 Å². The molecule has 4 rings (SSSR count). The number of hydrogen-bond donors (Lipinski definition) is 3. The van der Waals surface area contributed by atoms with Crippen LogP contribution in [0.2, 0.25) is 0 Å². The normalized spacial score (nSPS) is 15.1. The average molecular weight is 527 g/mol. The van der Waals surface area contributed by atoms with Gasteiger partial charge in [-0.25, -0.2) is 0 Å². The van der Waals surface area contributed by atoms with Crippen LogP contribution in [-0.2, 0) is 16.0 Å². The van der Waals surface area contributed by atoms with E-state index in [9.17, 15) is 14.9 Å². The van der Waals surface area contributed by atoms with Gasteiger partial charge in [-0.1, -0.05) is 49.0 Å². The van der Waals surface area contributed by atoms with Crippen LogP contribution in [0.15, 0.2) is 87.1 Å². The van der Waals surface area contributed by atoms with Crippen LogP contribution in [0.5, 0.6) is 0 Å². The fourth-order valence-electron chi connectivity index (χ4n) is 4.42. The van der Waals surface area contributed by atoms with E-state index in [0.717, 1.165) is 23.2 Å². The number of aryl methyl sites for hydroxylation is 3. The average Bonchev–Trinajstić information content (AvgIpc) is 3.44. The first-order valence-electron chi connectivity index (χ1n) is 12.4. The summed E-state index contributed by atoms with van der Waals surface area (Å²) in [6.07, 6.45) is 2.45. The molecule has 0 unspecified atom stereocenters. The van der Waals surface area contributed by atoms with Gasteiger partial charge in [0.05, 0.1) is 40.2 Å². The second-order valence-corrected chi connectivity index (χ2v) is 10.1. The van der Waals surface area contributed by atoms with E-state index < -0.39 is 5.92 Å². The summed E-state index contributed by atoms with van der Waals surface area (Å²) in [4.78, 5) is 26.3. The topological polar surface area (TPSA) is 107 Å². The Hall–Kier alpha value is -4.22. The number of para-hydroxylation sites is 1. The SMILES string of the molecule is CCc1ccc(NC(=O)CSC2=C(C#N)[C@H](c3ccco3)C(C(=O)Nc3c(C)cccc3C)=C(C)N2)cc1. The molecule has 1 aliphatic heterocycles. The number of carbonyl (C=O) groups excluding carboxylic acids is 2. The summed E-state index contributed by atoms with van der Waals surface area (Å²) >= 11 is 1.22. The molecule has 2 amide bonds. The number of thioether (sulfide) groups is 1. The van der Waals surface area contributed by atoms with Crippen molar-refractivity contribution in [2.24, 2.45) is 0 Å². The van der Waals surface area contributed by atoms with Crippen molar-refractivity contribution >= 4 is 35.0 Å². The molecule has 8 heteroatoms. The van der Waals surface area contributed by atoms with E-state index in [-0.39, 0.29) is 17.6 Å². The highest BCUT2D eigenvalue weighted by Gasteiger charge is 2.36. The maximum Gasteiger partial charge on any atom is 0.254 e. The van der Waals surface area contributed by atoms with E-state index in [0.29, 0.717) is 33.3 Å². The lowest BCUT2D eigenvalue weighted by molar-refractivity contribution is -0.114. The molecule has 1 atom stereocenters. The number of carbonyl (C=O) groups is 2. The Kier molecular flexibility index (Phi) is 8.39. The number of nitrogens with zero attached hydrogens (tertiary/aromatic N) is 1. The van der Waals surface area contributed by atoms with E-state index in [1.54, 1.807) is 19.1 Å². The summed E-state index contributed by atoms with van der Waals surface area (Å²) in [6, 6.07) is 19.3. The predicted octanol–water partition coefficient (Wildman–Crippen LogP) is 6.17. The molecule has 2 aromatic carbocycles. The number of hydrogen-bond acceptors (Lipinski definition) is 6. The lowest BCUT2D eigenvalue weighted by Gasteiger charge is -2.28. The molecule has 3 aromatic rings. The number of anilines is 2. The molecule has 2 heterocycles. The fraction of sp³-hybridized carbons (Fsp3) is 0.233. The third kappa shape index (κ3) is 5.84. The van der Waals surface area contributed by atoms with Crippen LogP contribution in [0.1, 0.15) is 42.2 Å². The van der Waals surface area contributed by atoms with Crippen LogP contribution < -0.4 is 16.0 Å². The molecule has 0 radical (unpaired) electrons. The highest BCUT2D eigenvalue weighted by atomic mass is 32.2. The lowest BCUT2D eigenvalue weighted by Crippen LogP contribution is -2.31. The largest absolute Gasteiger partial charge is 0.468 e. The van der Waals surface area contributed by atoms with Gasteiger partial charge in [-0.2, -0.15) is 5.26 Å².